The van der Waals surface area contributed by atoms with E-state index in [-0.39, 0.29) is 13.2 Å². The molecular formula is C11H20I2N2O2. The number of halogens is 2. The predicted octanol–water partition coefficient (Wildman–Crippen LogP) is 3.72. The van der Waals surface area contributed by atoms with Crippen LogP contribution >= 0.6 is 45.2 Å². The molecular weight excluding hydrogens is 446 g/mol. The zero-order chi connectivity index (χ0) is 13.5. The fourth-order valence-corrected chi connectivity index (χ4v) is 2.45. The van der Waals surface area contributed by atoms with Crippen LogP contribution in [0.4, 0.5) is 9.59 Å². The minimum absolute atomic E-state index is 0.0319. The van der Waals surface area contributed by atoms with Crippen molar-refractivity contribution in [2.45, 2.75) is 33.6 Å². The van der Waals surface area contributed by atoms with Crippen molar-refractivity contribution in [3.05, 3.63) is 0 Å². The van der Waals surface area contributed by atoms with Crippen LogP contribution in [-0.2, 0) is 0 Å². The summed E-state index contributed by atoms with van der Waals surface area (Å²) in [5.74, 6) is 0.571. The molecule has 17 heavy (non-hydrogen) atoms. The molecule has 2 N–H and O–H groups in total. The van der Waals surface area contributed by atoms with Gasteiger partial charge < -0.3 is 10.6 Å². The van der Waals surface area contributed by atoms with E-state index in [9.17, 15) is 9.59 Å². The summed E-state index contributed by atoms with van der Waals surface area (Å²) in [7, 11) is 0. The summed E-state index contributed by atoms with van der Waals surface area (Å²) in [6, 6.07) is 0. The Morgan fingerprint density at radius 1 is 1.18 bits per heavy atom. The zero-order valence-corrected chi connectivity index (χ0v) is 14.8. The summed E-state index contributed by atoms with van der Waals surface area (Å²) in [6.07, 6.45) is 1.90. The summed E-state index contributed by atoms with van der Waals surface area (Å²) in [6.45, 7) is 7.80. The van der Waals surface area contributed by atoms with Crippen molar-refractivity contribution in [1.82, 2.24) is 10.6 Å². The molecule has 0 aromatic heterocycles. The molecule has 0 aromatic carbocycles. The Hall–Kier alpha value is 0.400. The molecule has 0 spiro atoms. The first-order valence-electron chi connectivity index (χ1n) is 5.62. The van der Waals surface area contributed by atoms with Crippen LogP contribution in [0.5, 0.6) is 0 Å². The Bertz CT molecular complexity index is 272. The molecule has 0 aliphatic rings. The summed E-state index contributed by atoms with van der Waals surface area (Å²) >= 11 is 3.47. The minimum atomic E-state index is -0.0348. The number of hydrogen-bond donors (Lipinski definition) is 2. The lowest BCUT2D eigenvalue weighted by Crippen LogP contribution is -2.36. The number of rotatable bonds is 7. The highest BCUT2D eigenvalue weighted by atomic mass is 127. The van der Waals surface area contributed by atoms with Gasteiger partial charge in [0.25, 0.3) is 7.83 Å². The minimum Gasteiger partial charge on any atom is -0.347 e. The second-order valence-electron chi connectivity index (χ2n) is 4.99. The first kappa shape index (κ1) is 17.4. The van der Waals surface area contributed by atoms with Crippen LogP contribution in [0.1, 0.15) is 33.6 Å². The van der Waals surface area contributed by atoms with Gasteiger partial charge in [-0.25, -0.2) is 0 Å². The number of carbonyl (C=O) groups excluding carboxylic acids is 2. The molecule has 0 heterocycles. The van der Waals surface area contributed by atoms with Crippen LogP contribution in [0, 0.1) is 11.3 Å². The van der Waals surface area contributed by atoms with Crippen LogP contribution in [0.2, 0.25) is 0 Å². The number of carbonyl (C=O) groups is 2. The van der Waals surface area contributed by atoms with Gasteiger partial charge in [0.05, 0.1) is 0 Å². The van der Waals surface area contributed by atoms with Crippen molar-refractivity contribution in [3.63, 3.8) is 0 Å². The molecule has 100 valence electrons. The van der Waals surface area contributed by atoms with Crippen LogP contribution in [0.25, 0.3) is 0 Å². The third kappa shape index (κ3) is 10.0. The maximum atomic E-state index is 11.0. The van der Waals surface area contributed by atoms with Crippen LogP contribution in [0.3, 0.4) is 0 Å². The van der Waals surface area contributed by atoms with Gasteiger partial charge >= 0.3 is 0 Å². The quantitative estimate of drug-likeness (QED) is 0.342. The second kappa shape index (κ2) is 8.49. The van der Waals surface area contributed by atoms with E-state index in [4.69, 9.17) is 0 Å². The van der Waals surface area contributed by atoms with E-state index in [2.05, 4.69) is 31.4 Å². The monoisotopic (exact) mass is 466 g/mol. The molecule has 4 nitrogen and oxygen atoms in total. The van der Waals surface area contributed by atoms with E-state index in [0.29, 0.717) is 19.0 Å². The molecule has 0 aliphatic carbocycles. The van der Waals surface area contributed by atoms with E-state index in [1.54, 1.807) is 45.2 Å². The Morgan fingerprint density at radius 3 is 2.12 bits per heavy atom. The molecule has 1 unspecified atom stereocenters. The number of nitrogens with one attached hydrogen (secondary N) is 2. The third-order valence-corrected chi connectivity index (χ3v) is 3.31. The lowest BCUT2D eigenvalue weighted by atomic mass is 9.79. The average Bonchev–Trinajstić information content (AvgIpc) is 2.13. The van der Waals surface area contributed by atoms with Crippen molar-refractivity contribution in [3.8, 4) is 0 Å². The topological polar surface area (TPSA) is 58.2 Å². The van der Waals surface area contributed by atoms with Gasteiger partial charge in [0.1, 0.15) is 0 Å². The normalized spacial score (nSPS) is 14.2. The molecule has 0 aromatic rings. The van der Waals surface area contributed by atoms with Gasteiger partial charge in [0.15, 0.2) is 0 Å². The molecule has 0 saturated carbocycles. The molecule has 6 heteroatoms. The van der Waals surface area contributed by atoms with Crippen LogP contribution in [0.15, 0.2) is 0 Å². The van der Waals surface area contributed by atoms with Gasteiger partial charge in [0.2, 0.25) is 0 Å². The Kier molecular flexibility index (Phi) is 8.69. The van der Waals surface area contributed by atoms with Crippen LogP contribution in [-0.4, -0.2) is 20.9 Å². The van der Waals surface area contributed by atoms with Gasteiger partial charge in [-0.15, -0.1) is 0 Å². The molecule has 0 radical (unpaired) electrons. The first-order chi connectivity index (χ1) is 7.75. The van der Waals surface area contributed by atoms with Crippen molar-refractivity contribution >= 4 is 53.0 Å². The largest absolute Gasteiger partial charge is 0.347 e. The summed E-state index contributed by atoms with van der Waals surface area (Å²) in [4.78, 5) is 21.8. The lowest BCUT2D eigenvalue weighted by Gasteiger charge is -2.31. The third-order valence-electron chi connectivity index (χ3n) is 2.55. The molecule has 0 bridgehead atoms. The summed E-state index contributed by atoms with van der Waals surface area (Å²) < 4.78 is -0.0667. The van der Waals surface area contributed by atoms with Gasteiger partial charge in [-0.05, 0) is 24.2 Å². The summed E-state index contributed by atoms with van der Waals surface area (Å²) in [5, 5.41) is 5.66. The molecule has 0 aliphatic heterocycles. The Morgan fingerprint density at radius 2 is 1.71 bits per heavy atom. The predicted molar refractivity (Wildman–Crippen MR) is 87.0 cm³/mol. The summed E-state index contributed by atoms with van der Waals surface area (Å²) in [5.41, 5.74) is 0.0358. The second-order valence-corrected chi connectivity index (χ2v) is 6.95. The highest BCUT2D eigenvalue weighted by Gasteiger charge is 2.25. The zero-order valence-electron chi connectivity index (χ0n) is 10.5. The van der Waals surface area contributed by atoms with Crippen LogP contribution < -0.4 is 10.6 Å². The van der Waals surface area contributed by atoms with Gasteiger partial charge in [0, 0.05) is 58.3 Å². The smallest absolute Gasteiger partial charge is 0.280 e. The highest BCUT2D eigenvalue weighted by molar-refractivity contribution is 14.1. The standard InChI is InChI=1S/C11H20I2N2O2/c1-8(2)6-11(3,7-15-10(13)17)4-5-14-9(12)16/h8H,4-7H2,1-3H3,(H,14,16)(H,15,17). The van der Waals surface area contributed by atoms with Crippen molar-refractivity contribution in [2.75, 3.05) is 13.1 Å². The molecule has 1 atom stereocenters. The number of amides is 2. The fraction of sp³-hybridized carbons (Fsp3) is 0.818. The fourth-order valence-electron chi connectivity index (χ4n) is 1.99. The van der Waals surface area contributed by atoms with Gasteiger partial charge in [-0.3, -0.25) is 9.59 Å². The Labute approximate surface area is 130 Å². The van der Waals surface area contributed by atoms with Gasteiger partial charge in [-0.2, -0.15) is 0 Å². The van der Waals surface area contributed by atoms with E-state index in [0.717, 1.165) is 12.8 Å². The maximum absolute atomic E-state index is 11.0. The SMILES string of the molecule is CC(C)CC(C)(CCNC(=O)I)CNC(=O)I. The first-order valence-corrected chi connectivity index (χ1v) is 7.77. The Balaban J connectivity index is 4.27. The van der Waals surface area contributed by atoms with E-state index < -0.39 is 0 Å². The van der Waals surface area contributed by atoms with Crippen molar-refractivity contribution in [1.29, 1.82) is 0 Å². The van der Waals surface area contributed by atoms with Crippen molar-refractivity contribution in [2.24, 2.45) is 11.3 Å². The molecule has 0 saturated heterocycles. The molecule has 2 amide bonds. The molecule has 0 fully saturated rings. The maximum Gasteiger partial charge on any atom is 0.280 e. The van der Waals surface area contributed by atoms with Gasteiger partial charge in [-0.1, -0.05) is 20.8 Å². The lowest BCUT2D eigenvalue weighted by molar-refractivity contribution is 0.219. The van der Waals surface area contributed by atoms with E-state index in [1.807, 2.05) is 0 Å². The van der Waals surface area contributed by atoms with E-state index in [1.165, 1.54) is 0 Å². The highest BCUT2D eigenvalue weighted by Crippen LogP contribution is 2.29. The van der Waals surface area contributed by atoms with E-state index >= 15 is 0 Å². The number of hydrogen-bond acceptors (Lipinski definition) is 2. The van der Waals surface area contributed by atoms with Crippen molar-refractivity contribution < 1.29 is 9.59 Å². The average molecular weight is 466 g/mol. The molecule has 0 rings (SSSR count).